The molecule has 0 saturated heterocycles. The van der Waals surface area contributed by atoms with Gasteiger partial charge < -0.3 is 5.32 Å². The zero-order valence-electron chi connectivity index (χ0n) is 9.02. The van der Waals surface area contributed by atoms with Crippen LogP contribution in [0.4, 0.5) is 0 Å². The minimum Gasteiger partial charge on any atom is -0.311 e. The van der Waals surface area contributed by atoms with Crippen molar-refractivity contribution in [2.24, 2.45) is 0 Å². The number of rotatable bonds is 4. The highest BCUT2D eigenvalue weighted by Crippen LogP contribution is 2.15. The van der Waals surface area contributed by atoms with Gasteiger partial charge in [0, 0.05) is 18.9 Å². The number of nitrogens with one attached hydrogen (secondary N) is 1. The van der Waals surface area contributed by atoms with E-state index in [0.717, 1.165) is 18.1 Å². The molecule has 0 aliphatic rings. The van der Waals surface area contributed by atoms with E-state index in [4.69, 9.17) is 11.6 Å². The second-order valence-electron chi connectivity index (χ2n) is 3.35. The maximum absolute atomic E-state index is 6.07. The Balaban J connectivity index is 2.28. The Hall–Kier alpha value is -1.39. The Morgan fingerprint density at radius 3 is 3.00 bits per heavy atom. The van der Waals surface area contributed by atoms with Gasteiger partial charge >= 0.3 is 0 Å². The molecule has 0 spiro atoms. The Bertz CT molecular complexity index is 453. The number of imidazole rings is 1. The fraction of sp³-hybridized carbons (Fsp3) is 0.273. The van der Waals surface area contributed by atoms with Gasteiger partial charge in [-0.1, -0.05) is 18.5 Å². The minimum atomic E-state index is 0.678. The van der Waals surface area contributed by atoms with Crippen LogP contribution in [0.5, 0.6) is 0 Å². The molecule has 0 fully saturated rings. The van der Waals surface area contributed by atoms with E-state index in [1.54, 1.807) is 12.5 Å². The molecule has 0 unspecified atom stereocenters. The predicted octanol–water partition coefficient (Wildman–Crippen LogP) is 2.03. The van der Waals surface area contributed by atoms with E-state index in [-0.39, 0.29) is 0 Å². The Morgan fingerprint density at radius 1 is 1.44 bits per heavy atom. The van der Waals surface area contributed by atoms with Crippen molar-refractivity contribution < 1.29 is 0 Å². The average molecular weight is 237 g/mol. The summed E-state index contributed by atoms with van der Waals surface area (Å²) in [5.41, 5.74) is 0.856. The van der Waals surface area contributed by atoms with Gasteiger partial charge in [-0.3, -0.25) is 4.57 Å². The molecule has 0 radical (unpaired) electrons. The van der Waals surface area contributed by atoms with E-state index in [1.807, 2.05) is 29.8 Å². The van der Waals surface area contributed by atoms with Crippen molar-refractivity contribution in [3.8, 4) is 5.82 Å². The van der Waals surface area contributed by atoms with E-state index in [1.165, 1.54) is 0 Å². The van der Waals surface area contributed by atoms with Crippen LogP contribution in [0.2, 0.25) is 5.02 Å². The molecule has 4 nitrogen and oxygen atoms in total. The molecule has 0 bridgehead atoms. The average Bonchev–Trinajstić information content (AvgIpc) is 2.81. The largest absolute Gasteiger partial charge is 0.311 e. The number of hydrogen-bond acceptors (Lipinski definition) is 3. The van der Waals surface area contributed by atoms with Crippen molar-refractivity contribution in [1.82, 2.24) is 19.9 Å². The van der Waals surface area contributed by atoms with E-state index < -0.39 is 0 Å². The molecule has 84 valence electrons. The summed E-state index contributed by atoms with van der Waals surface area (Å²) in [6, 6.07) is 3.73. The molecule has 0 atom stereocenters. The fourth-order valence-electron chi connectivity index (χ4n) is 1.38. The quantitative estimate of drug-likeness (QED) is 0.884. The number of nitrogens with zero attached hydrogens (tertiary/aromatic N) is 3. The summed E-state index contributed by atoms with van der Waals surface area (Å²) in [7, 11) is 0. The van der Waals surface area contributed by atoms with Gasteiger partial charge in [-0.15, -0.1) is 0 Å². The molecule has 0 saturated carbocycles. The van der Waals surface area contributed by atoms with Crippen LogP contribution in [0.1, 0.15) is 12.6 Å². The molecule has 2 aromatic heterocycles. The van der Waals surface area contributed by atoms with Crippen molar-refractivity contribution in [3.63, 3.8) is 0 Å². The summed E-state index contributed by atoms with van der Waals surface area (Å²) in [4.78, 5) is 8.47. The van der Waals surface area contributed by atoms with Crippen molar-refractivity contribution >= 4 is 11.6 Å². The lowest BCUT2D eigenvalue weighted by Crippen LogP contribution is -2.14. The zero-order chi connectivity index (χ0) is 11.4. The normalized spacial score (nSPS) is 10.6. The van der Waals surface area contributed by atoms with Crippen LogP contribution in [-0.4, -0.2) is 21.1 Å². The van der Waals surface area contributed by atoms with Crippen LogP contribution < -0.4 is 5.32 Å². The standard InChI is InChI=1S/C11H13ClN4/c1-2-13-7-10-9(12)3-4-11(15-10)16-6-5-14-8-16/h3-6,8,13H,2,7H2,1H3. The van der Waals surface area contributed by atoms with Gasteiger partial charge in [0.05, 0.1) is 10.7 Å². The van der Waals surface area contributed by atoms with Gasteiger partial charge in [0.25, 0.3) is 0 Å². The summed E-state index contributed by atoms with van der Waals surface area (Å²) in [5.74, 6) is 0.829. The molecule has 0 aliphatic heterocycles. The SMILES string of the molecule is CCNCc1nc(-n2ccnc2)ccc1Cl. The molecule has 5 heteroatoms. The van der Waals surface area contributed by atoms with E-state index in [9.17, 15) is 0 Å². The topological polar surface area (TPSA) is 42.7 Å². The monoisotopic (exact) mass is 236 g/mol. The molecule has 0 aliphatic carbocycles. The van der Waals surface area contributed by atoms with Crippen molar-refractivity contribution in [2.45, 2.75) is 13.5 Å². The molecule has 2 rings (SSSR count). The van der Waals surface area contributed by atoms with Crippen molar-refractivity contribution in [3.05, 3.63) is 41.6 Å². The van der Waals surface area contributed by atoms with Gasteiger partial charge in [0.2, 0.25) is 0 Å². The molecule has 2 aromatic rings. The van der Waals surface area contributed by atoms with Gasteiger partial charge in [-0.25, -0.2) is 9.97 Å². The summed E-state index contributed by atoms with van der Waals surface area (Å²) < 4.78 is 1.85. The maximum Gasteiger partial charge on any atom is 0.138 e. The fourth-order valence-corrected chi connectivity index (χ4v) is 1.55. The van der Waals surface area contributed by atoms with Gasteiger partial charge in [-0.05, 0) is 18.7 Å². The first-order chi connectivity index (χ1) is 7.81. The van der Waals surface area contributed by atoms with Crippen molar-refractivity contribution in [1.29, 1.82) is 0 Å². The Labute approximate surface area is 99.3 Å². The molecule has 2 heterocycles. The summed E-state index contributed by atoms with van der Waals surface area (Å²) in [6.07, 6.45) is 5.29. The first-order valence-electron chi connectivity index (χ1n) is 5.15. The third kappa shape index (κ3) is 2.40. The van der Waals surface area contributed by atoms with Crippen LogP contribution in [0, 0.1) is 0 Å². The zero-order valence-corrected chi connectivity index (χ0v) is 9.78. The number of aromatic nitrogens is 3. The number of halogens is 1. The summed E-state index contributed by atoms with van der Waals surface area (Å²) in [5, 5.41) is 3.89. The molecule has 1 N–H and O–H groups in total. The summed E-state index contributed by atoms with van der Waals surface area (Å²) in [6.45, 7) is 3.62. The maximum atomic E-state index is 6.07. The Morgan fingerprint density at radius 2 is 2.31 bits per heavy atom. The van der Waals surface area contributed by atoms with Gasteiger partial charge in [0.15, 0.2) is 0 Å². The number of pyridine rings is 1. The van der Waals surface area contributed by atoms with Crippen molar-refractivity contribution in [2.75, 3.05) is 6.54 Å². The van der Waals surface area contributed by atoms with E-state index in [2.05, 4.69) is 15.3 Å². The predicted molar refractivity (Wildman–Crippen MR) is 63.7 cm³/mol. The van der Waals surface area contributed by atoms with Crippen LogP contribution in [0.3, 0.4) is 0 Å². The molecule has 0 aromatic carbocycles. The van der Waals surface area contributed by atoms with Crippen LogP contribution >= 0.6 is 11.6 Å². The highest BCUT2D eigenvalue weighted by molar-refractivity contribution is 6.31. The lowest BCUT2D eigenvalue weighted by Gasteiger charge is -2.07. The number of hydrogen-bond donors (Lipinski definition) is 1. The Kier molecular flexibility index (Phi) is 3.54. The smallest absolute Gasteiger partial charge is 0.138 e. The second kappa shape index (κ2) is 5.09. The van der Waals surface area contributed by atoms with E-state index >= 15 is 0 Å². The van der Waals surface area contributed by atoms with Crippen LogP contribution in [-0.2, 0) is 6.54 Å². The van der Waals surface area contributed by atoms with Crippen LogP contribution in [0.15, 0.2) is 30.9 Å². The molecule has 16 heavy (non-hydrogen) atoms. The lowest BCUT2D eigenvalue weighted by molar-refractivity contribution is 0.708. The van der Waals surface area contributed by atoms with Gasteiger partial charge in [-0.2, -0.15) is 0 Å². The molecule has 0 amide bonds. The molecular formula is C11H13ClN4. The minimum absolute atomic E-state index is 0.678. The second-order valence-corrected chi connectivity index (χ2v) is 3.76. The third-order valence-electron chi connectivity index (χ3n) is 2.22. The van der Waals surface area contributed by atoms with Gasteiger partial charge in [0.1, 0.15) is 12.1 Å². The lowest BCUT2D eigenvalue weighted by atomic mass is 10.3. The third-order valence-corrected chi connectivity index (χ3v) is 2.56. The first kappa shape index (κ1) is 11.1. The first-order valence-corrected chi connectivity index (χ1v) is 5.53. The highest BCUT2D eigenvalue weighted by Gasteiger charge is 2.04. The molecular weight excluding hydrogens is 224 g/mol. The van der Waals surface area contributed by atoms with E-state index in [0.29, 0.717) is 11.6 Å². The summed E-state index contributed by atoms with van der Waals surface area (Å²) >= 11 is 6.07. The highest BCUT2D eigenvalue weighted by atomic mass is 35.5. The van der Waals surface area contributed by atoms with Crippen LogP contribution in [0.25, 0.3) is 5.82 Å².